The standard InChI is InChI=1S/C26H26N2O8S2/c1-31-17-7-13(8-18(32-2)23(17)35-5)16(29)12-37-26-15(11-27)21(28)25(38-26)22(30)14-9-19(33-3)24(36-6)20(10-14)34-4/h7-10H,12,28H2,1-6H3. The maximum Gasteiger partial charge on any atom is 0.205 e. The van der Waals surface area contributed by atoms with E-state index < -0.39 is 5.78 Å². The number of anilines is 1. The zero-order valence-corrected chi connectivity index (χ0v) is 23.3. The van der Waals surface area contributed by atoms with Crippen LogP contribution in [0, 0.1) is 11.3 Å². The summed E-state index contributed by atoms with van der Waals surface area (Å²) in [5.41, 5.74) is 6.96. The number of ketones is 2. The van der Waals surface area contributed by atoms with Crippen molar-refractivity contribution in [2.24, 2.45) is 0 Å². The number of carbonyl (C=O) groups excluding carboxylic acids is 2. The minimum absolute atomic E-state index is 0.0227. The van der Waals surface area contributed by atoms with Crippen molar-refractivity contribution >= 4 is 40.4 Å². The fraction of sp³-hybridized carbons (Fsp3) is 0.269. The van der Waals surface area contributed by atoms with Crippen LogP contribution in [0.3, 0.4) is 0 Å². The van der Waals surface area contributed by atoms with Crippen molar-refractivity contribution in [1.29, 1.82) is 5.26 Å². The summed E-state index contributed by atoms with van der Waals surface area (Å²) in [5.74, 6) is 1.30. The molecule has 0 atom stereocenters. The first-order valence-corrected chi connectivity index (χ1v) is 12.7. The van der Waals surface area contributed by atoms with E-state index >= 15 is 0 Å². The molecule has 200 valence electrons. The maximum absolute atomic E-state index is 13.4. The Morgan fingerprint density at radius 1 is 0.816 bits per heavy atom. The first kappa shape index (κ1) is 28.5. The Morgan fingerprint density at radius 2 is 1.26 bits per heavy atom. The highest BCUT2D eigenvalue weighted by Gasteiger charge is 2.26. The molecule has 0 bridgehead atoms. The highest BCUT2D eigenvalue weighted by atomic mass is 32.2. The van der Waals surface area contributed by atoms with E-state index in [1.807, 2.05) is 6.07 Å². The summed E-state index contributed by atoms with van der Waals surface area (Å²) in [7, 11) is 8.73. The van der Waals surface area contributed by atoms with Gasteiger partial charge in [-0.25, -0.2) is 0 Å². The molecular formula is C26H26N2O8S2. The van der Waals surface area contributed by atoms with E-state index in [0.29, 0.717) is 44.3 Å². The molecule has 10 nitrogen and oxygen atoms in total. The quantitative estimate of drug-likeness (QED) is 0.249. The average molecular weight is 559 g/mol. The van der Waals surface area contributed by atoms with Gasteiger partial charge in [0.25, 0.3) is 0 Å². The summed E-state index contributed by atoms with van der Waals surface area (Å²) in [6, 6.07) is 8.17. The molecule has 0 aliphatic carbocycles. The van der Waals surface area contributed by atoms with Gasteiger partial charge >= 0.3 is 0 Å². The second kappa shape index (κ2) is 12.4. The monoisotopic (exact) mass is 558 g/mol. The molecule has 0 aliphatic rings. The molecule has 1 aromatic heterocycles. The van der Waals surface area contributed by atoms with E-state index in [0.717, 1.165) is 23.1 Å². The van der Waals surface area contributed by atoms with Crippen LogP contribution < -0.4 is 34.2 Å². The van der Waals surface area contributed by atoms with E-state index in [9.17, 15) is 14.9 Å². The third kappa shape index (κ3) is 5.44. The van der Waals surface area contributed by atoms with Crippen LogP contribution in [0.2, 0.25) is 0 Å². The Labute approximate surface area is 228 Å². The number of thioether (sulfide) groups is 1. The molecule has 0 amide bonds. The van der Waals surface area contributed by atoms with Crippen LogP contribution in [0.15, 0.2) is 28.5 Å². The van der Waals surface area contributed by atoms with Crippen LogP contribution in [0.1, 0.15) is 31.2 Å². The number of hydrogen-bond donors (Lipinski definition) is 1. The maximum atomic E-state index is 13.4. The van der Waals surface area contributed by atoms with Gasteiger partial charge in [0.05, 0.1) is 58.3 Å². The summed E-state index contributed by atoms with van der Waals surface area (Å²) in [6.07, 6.45) is 0. The molecule has 0 saturated carbocycles. The molecule has 0 saturated heterocycles. The predicted octanol–water partition coefficient (Wildman–Crippen LogP) is 4.46. The minimum atomic E-state index is -0.425. The Hall–Kier alpha value is -4.08. The molecular weight excluding hydrogens is 532 g/mol. The number of benzene rings is 2. The van der Waals surface area contributed by atoms with Crippen molar-refractivity contribution in [2.75, 3.05) is 54.1 Å². The molecule has 2 aromatic carbocycles. The molecule has 1 heterocycles. The van der Waals surface area contributed by atoms with Gasteiger partial charge in [0.2, 0.25) is 17.3 Å². The largest absolute Gasteiger partial charge is 0.493 e. The second-order valence-electron chi connectivity index (χ2n) is 7.49. The summed E-state index contributed by atoms with van der Waals surface area (Å²) in [4.78, 5) is 26.6. The molecule has 0 radical (unpaired) electrons. The van der Waals surface area contributed by atoms with E-state index in [4.69, 9.17) is 34.2 Å². The normalized spacial score (nSPS) is 10.3. The van der Waals surface area contributed by atoms with Crippen LogP contribution in [-0.2, 0) is 0 Å². The van der Waals surface area contributed by atoms with Gasteiger partial charge in [0, 0.05) is 11.1 Å². The lowest BCUT2D eigenvalue weighted by molar-refractivity contribution is 0.101. The first-order valence-electron chi connectivity index (χ1n) is 10.9. The van der Waals surface area contributed by atoms with Crippen molar-refractivity contribution in [3.63, 3.8) is 0 Å². The molecule has 3 rings (SSSR count). The van der Waals surface area contributed by atoms with Crippen LogP contribution >= 0.6 is 23.1 Å². The Morgan fingerprint density at radius 3 is 1.66 bits per heavy atom. The molecule has 0 spiro atoms. The fourth-order valence-corrected chi connectivity index (χ4v) is 5.86. The van der Waals surface area contributed by atoms with Gasteiger partial charge in [0.1, 0.15) is 16.5 Å². The van der Waals surface area contributed by atoms with Crippen molar-refractivity contribution in [2.45, 2.75) is 4.21 Å². The number of methoxy groups -OCH3 is 6. The summed E-state index contributed by atoms with van der Waals surface area (Å²) < 4.78 is 32.4. The lowest BCUT2D eigenvalue weighted by Crippen LogP contribution is -2.05. The highest BCUT2D eigenvalue weighted by molar-refractivity contribution is 8.01. The van der Waals surface area contributed by atoms with Crippen LogP contribution in [0.25, 0.3) is 0 Å². The summed E-state index contributed by atoms with van der Waals surface area (Å²) in [6.45, 7) is 0. The topological polar surface area (TPSA) is 139 Å². The number of nitrogen functional groups attached to an aromatic ring is 1. The number of nitriles is 1. The molecule has 12 heteroatoms. The lowest BCUT2D eigenvalue weighted by Gasteiger charge is -2.13. The SMILES string of the molecule is COc1cc(C(=O)CSc2sc(C(=O)c3cc(OC)c(OC)c(OC)c3)c(N)c2C#N)cc(OC)c1OC. The Balaban J connectivity index is 1.92. The summed E-state index contributed by atoms with van der Waals surface area (Å²) >= 11 is 2.15. The van der Waals surface area contributed by atoms with Crippen molar-refractivity contribution < 1.29 is 38.0 Å². The number of carbonyl (C=O) groups is 2. The molecule has 38 heavy (non-hydrogen) atoms. The fourth-order valence-electron chi connectivity index (χ4n) is 3.60. The van der Waals surface area contributed by atoms with E-state index in [1.54, 1.807) is 12.1 Å². The van der Waals surface area contributed by atoms with Gasteiger partial charge in [-0.3, -0.25) is 9.59 Å². The summed E-state index contributed by atoms with van der Waals surface area (Å²) in [5, 5.41) is 9.74. The number of rotatable bonds is 12. The number of Topliss-reactive ketones (excluding diaryl/α,β-unsaturated/α-hetero) is 1. The molecule has 0 fully saturated rings. The van der Waals surface area contributed by atoms with Crippen molar-refractivity contribution in [3.8, 4) is 40.6 Å². The third-order valence-electron chi connectivity index (χ3n) is 5.48. The first-order chi connectivity index (χ1) is 18.3. The van der Waals surface area contributed by atoms with Crippen LogP contribution in [0.5, 0.6) is 34.5 Å². The predicted molar refractivity (Wildman–Crippen MR) is 144 cm³/mol. The molecule has 3 aromatic rings. The van der Waals surface area contributed by atoms with Crippen molar-refractivity contribution in [3.05, 3.63) is 45.8 Å². The number of ether oxygens (including phenoxy) is 6. The van der Waals surface area contributed by atoms with Crippen LogP contribution in [0.4, 0.5) is 5.69 Å². The number of thiophene rings is 1. The Kier molecular flexibility index (Phi) is 9.33. The number of hydrogen-bond acceptors (Lipinski definition) is 12. The van der Waals surface area contributed by atoms with Gasteiger partial charge in [-0.05, 0) is 24.3 Å². The Bertz CT molecular complexity index is 1360. The average Bonchev–Trinajstić information content (AvgIpc) is 3.28. The van der Waals surface area contributed by atoms with Gasteiger partial charge in [-0.1, -0.05) is 0 Å². The lowest BCUT2D eigenvalue weighted by atomic mass is 10.1. The van der Waals surface area contributed by atoms with Gasteiger partial charge in [0.15, 0.2) is 28.8 Å². The van der Waals surface area contributed by atoms with Crippen molar-refractivity contribution in [1.82, 2.24) is 0 Å². The van der Waals surface area contributed by atoms with E-state index in [2.05, 4.69) is 0 Å². The minimum Gasteiger partial charge on any atom is -0.493 e. The highest BCUT2D eigenvalue weighted by Crippen LogP contribution is 2.43. The zero-order chi connectivity index (χ0) is 28.0. The second-order valence-corrected chi connectivity index (χ2v) is 9.75. The smallest absolute Gasteiger partial charge is 0.205 e. The number of nitrogens with zero attached hydrogens (tertiary/aromatic N) is 1. The van der Waals surface area contributed by atoms with E-state index in [1.165, 1.54) is 54.8 Å². The molecule has 0 aliphatic heterocycles. The van der Waals surface area contributed by atoms with Crippen LogP contribution in [-0.4, -0.2) is 60.0 Å². The molecule has 2 N–H and O–H groups in total. The molecule has 0 unspecified atom stereocenters. The zero-order valence-electron chi connectivity index (χ0n) is 21.6. The number of nitrogens with two attached hydrogens (primary N) is 1. The van der Waals surface area contributed by atoms with Gasteiger partial charge < -0.3 is 34.2 Å². The van der Waals surface area contributed by atoms with Gasteiger partial charge in [-0.2, -0.15) is 5.26 Å². The third-order valence-corrected chi connectivity index (χ3v) is 7.95. The van der Waals surface area contributed by atoms with E-state index in [-0.39, 0.29) is 33.2 Å². The van der Waals surface area contributed by atoms with Gasteiger partial charge in [-0.15, -0.1) is 23.1 Å².